The van der Waals surface area contributed by atoms with Crippen molar-refractivity contribution in [1.82, 2.24) is 10.5 Å². The van der Waals surface area contributed by atoms with Crippen molar-refractivity contribution >= 4 is 22.7 Å². The van der Waals surface area contributed by atoms with E-state index in [-0.39, 0.29) is 12.2 Å². The molecule has 16 heavy (non-hydrogen) atoms. The topological polar surface area (TPSA) is 110 Å². The monoisotopic (exact) mass is 246 g/mol. The molecule has 1 aromatic rings. The number of nitrogens with one attached hydrogen (secondary N) is 1. The summed E-state index contributed by atoms with van der Waals surface area (Å²) >= 11 is 0. The number of aromatic nitrogens is 1. The first-order valence-electron chi connectivity index (χ1n) is 4.29. The van der Waals surface area contributed by atoms with E-state index in [9.17, 15) is 13.8 Å². The molecule has 1 aromatic heterocycles. The number of hydrogen-bond donors (Lipinski definition) is 2. The molecule has 0 saturated carbocycles. The number of carboxylic acids is 1. The quantitative estimate of drug-likeness (QED) is 0.723. The van der Waals surface area contributed by atoms with E-state index in [0.29, 0.717) is 5.75 Å². The number of amides is 1. The summed E-state index contributed by atoms with van der Waals surface area (Å²) in [6, 6.07) is 1.03. The molecule has 1 rings (SSSR count). The van der Waals surface area contributed by atoms with E-state index < -0.39 is 28.4 Å². The summed E-state index contributed by atoms with van der Waals surface area (Å²) in [6.07, 6.45) is 1.52. The summed E-state index contributed by atoms with van der Waals surface area (Å²) in [6.45, 7) is 0.233. The van der Waals surface area contributed by atoms with Crippen molar-refractivity contribution in [3.05, 3.63) is 17.5 Å². The van der Waals surface area contributed by atoms with Gasteiger partial charge in [0.05, 0.1) is 0 Å². The SMILES string of the molecule is CS(=O)CCNC(=O)c1cc(C(=O)O)on1. The van der Waals surface area contributed by atoms with Gasteiger partial charge in [-0.05, 0) is 0 Å². The molecular formula is C8H10N2O5S. The maximum absolute atomic E-state index is 11.3. The molecule has 0 aliphatic rings. The van der Waals surface area contributed by atoms with Gasteiger partial charge in [-0.1, -0.05) is 5.16 Å². The first-order chi connectivity index (χ1) is 7.50. The van der Waals surface area contributed by atoms with Crippen LogP contribution in [-0.2, 0) is 10.8 Å². The molecule has 0 aromatic carbocycles. The second-order valence-corrected chi connectivity index (χ2v) is 4.47. The van der Waals surface area contributed by atoms with Crippen molar-refractivity contribution in [3.8, 4) is 0 Å². The molecule has 1 unspecified atom stereocenters. The zero-order chi connectivity index (χ0) is 12.1. The normalized spacial score (nSPS) is 12.1. The Kier molecular flexibility index (Phi) is 4.18. The first kappa shape index (κ1) is 12.4. The van der Waals surface area contributed by atoms with Crippen molar-refractivity contribution in [2.24, 2.45) is 0 Å². The molecule has 1 heterocycles. The predicted molar refractivity (Wildman–Crippen MR) is 54.7 cm³/mol. The van der Waals surface area contributed by atoms with Gasteiger partial charge in [0.2, 0.25) is 5.76 Å². The molecule has 1 amide bonds. The van der Waals surface area contributed by atoms with Gasteiger partial charge in [-0.15, -0.1) is 0 Å². The van der Waals surface area contributed by atoms with Crippen LogP contribution in [0, 0.1) is 0 Å². The van der Waals surface area contributed by atoms with Gasteiger partial charge in [-0.25, -0.2) is 4.79 Å². The number of hydrogen-bond acceptors (Lipinski definition) is 5. The molecule has 0 radical (unpaired) electrons. The number of carbonyl (C=O) groups excluding carboxylic acids is 1. The standard InChI is InChI=1S/C8H10N2O5S/c1-16(14)3-2-9-7(11)5-4-6(8(12)13)15-10-5/h4H,2-3H2,1H3,(H,9,11)(H,12,13). The zero-order valence-electron chi connectivity index (χ0n) is 8.43. The van der Waals surface area contributed by atoms with Gasteiger partial charge < -0.3 is 14.9 Å². The number of rotatable bonds is 5. The van der Waals surface area contributed by atoms with Gasteiger partial charge in [-0.2, -0.15) is 0 Å². The summed E-state index contributed by atoms with van der Waals surface area (Å²) < 4.78 is 15.1. The lowest BCUT2D eigenvalue weighted by Crippen LogP contribution is -2.27. The molecule has 0 fully saturated rings. The van der Waals surface area contributed by atoms with Gasteiger partial charge in [0, 0.05) is 35.4 Å². The highest BCUT2D eigenvalue weighted by atomic mass is 32.2. The fourth-order valence-corrected chi connectivity index (χ4v) is 1.27. The minimum Gasteiger partial charge on any atom is -0.475 e. The van der Waals surface area contributed by atoms with Crippen LogP contribution in [0.3, 0.4) is 0 Å². The van der Waals surface area contributed by atoms with Crippen molar-refractivity contribution in [1.29, 1.82) is 0 Å². The Morgan fingerprint density at radius 1 is 1.62 bits per heavy atom. The first-order valence-corrected chi connectivity index (χ1v) is 6.01. The summed E-state index contributed by atoms with van der Waals surface area (Å²) in [7, 11) is -0.993. The van der Waals surface area contributed by atoms with Gasteiger partial charge in [0.1, 0.15) is 0 Å². The third kappa shape index (κ3) is 3.46. The molecule has 88 valence electrons. The maximum atomic E-state index is 11.3. The molecule has 0 aliphatic carbocycles. The van der Waals surface area contributed by atoms with Crippen molar-refractivity contribution < 1.29 is 23.4 Å². The van der Waals surface area contributed by atoms with E-state index in [2.05, 4.69) is 15.0 Å². The summed E-state index contributed by atoms with van der Waals surface area (Å²) in [5.41, 5.74) is -0.112. The van der Waals surface area contributed by atoms with Gasteiger partial charge in [-0.3, -0.25) is 9.00 Å². The van der Waals surface area contributed by atoms with E-state index in [1.165, 1.54) is 6.26 Å². The molecule has 0 spiro atoms. The minimum atomic E-state index is -1.29. The van der Waals surface area contributed by atoms with Crippen LogP contribution < -0.4 is 5.32 Å². The number of carbonyl (C=O) groups is 2. The van der Waals surface area contributed by atoms with Crippen molar-refractivity contribution in [2.45, 2.75) is 0 Å². The van der Waals surface area contributed by atoms with Crippen LogP contribution in [-0.4, -0.2) is 44.9 Å². The third-order valence-corrected chi connectivity index (χ3v) is 2.41. The third-order valence-electron chi connectivity index (χ3n) is 1.63. The molecular weight excluding hydrogens is 236 g/mol. The van der Waals surface area contributed by atoms with Gasteiger partial charge >= 0.3 is 5.97 Å². The van der Waals surface area contributed by atoms with Crippen molar-refractivity contribution in [2.75, 3.05) is 18.6 Å². The van der Waals surface area contributed by atoms with E-state index in [4.69, 9.17) is 5.11 Å². The maximum Gasteiger partial charge on any atom is 0.374 e. The van der Waals surface area contributed by atoms with Crippen LogP contribution >= 0.6 is 0 Å². The van der Waals surface area contributed by atoms with E-state index in [0.717, 1.165) is 6.07 Å². The number of nitrogens with zero attached hydrogens (tertiary/aromatic N) is 1. The molecule has 8 heteroatoms. The number of aromatic carboxylic acids is 1. The predicted octanol–water partition coefficient (Wildman–Crippen LogP) is -0.519. The molecule has 2 N–H and O–H groups in total. The molecule has 0 bridgehead atoms. The molecule has 1 atom stereocenters. The van der Waals surface area contributed by atoms with Crippen LogP contribution in [0.15, 0.2) is 10.6 Å². The largest absolute Gasteiger partial charge is 0.475 e. The Hall–Kier alpha value is -1.70. The zero-order valence-corrected chi connectivity index (χ0v) is 9.24. The lowest BCUT2D eigenvalue weighted by Gasteiger charge is -1.99. The molecule has 0 aliphatic heterocycles. The lowest BCUT2D eigenvalue weighted by atomic mass is 10.3. The highest BCUT2D eigenvalue weighted by Crippen LogP contribution is 2.02. The highest BCUT2D eigenvalue weighted by molar-refractivity contribution is 7.84. The fraction of sp³-hybridized carbons (Fsp3) is 0.375. The Bertz CT molecular complexity index is 428. The Balaban J connectivity index is 2.53. The van der Waals surface area contributed by atoms with Crippen LogP contribution in [0.25, 0.3) is 0 Å². The summed E-state index contributed by atoms with van der Waals surface area (Å²) in [5.74, 6) is -1.91. The fourth-order valence-electron chi connectivity index (χ4n) is 0.882. The summed E-state index contributed by atoms with van der Waals surface area (Å²) in [4.78, 5) is 21.8. The highest BCUT2D eigenvalue weighted by Gasteiger charge is 2.15. The average Bonchev–Trinajstić information content (AvgIpc) is 2.65. The second-order valence-electron chi connectivity index (χ2n) is 2.91. The second kappa shape index (κ2) is 5.40. The Morgan fingerprint density at radius 2 is 2.31 bits per heavy atom. The Morgan fingerprint density at radius 3 is 2.81 bits per heavy atom. The van der Waals surface area contributed by atoms with Crippen LogP contribution in [0.5, 0.6) is 0 Å². The van der Waals surface area contributed by atoms with E-state index >= 15 is 0 Å². The van der Waals surface area contributed by atoms with Crippen LogP contribution in [0.2, 0.25) is 0 Å². The molecule has 0 saturated heterocycles. The average molecular weight is 246 g/mol. The van der Waals surface area contributed by atoms with Crippen LogP contribution in [0.1, 0.15) is 21.0 Å². The number of carboxylic acid groups (broad SMARTS) is 1. The van der Waals surface area contributed by atoms with Crippen LogP contribution in [0.4, 0.5) is 0 Å². The van der Waals surface area contributed by atoms with E-state index in [1.807, 2.05) is 0 Å². The van der Waals surface area contributed by atoms with E-state index in [1.54, 1.807) is 0 Å². The lowest BCUT2D eigenvalue weighted by molar-refractivity contribution is 0.0651. The van der Waals surface area contributed by atoms with Crippen molar-refractivity contribution in [3.63, 3.8) is 0 Å². The smallest absolute Gasteiger partial charge is 0.374 e. The van der Waals surface area contributed by atoms with Gasteiger partial charge in [0.25, 0.3) is 5.91 Å². The summed E-state index contributed by atoms with van der Waals surface area (Å²) in [5, 5.41) is 14.2. The minimum absolute atomic E-state index is 0.112. The Labute approximate surface area is 93.3 Å². The van der Waals surface area contributed by atoms with Gasteiger partial charge in [0.15, 0.2) is 5.69 Å². The molecule has 7 nitrogen and oxygen atoms in total.